The smallest absolute Gasteiger partial charge is 0.453 e. The number of benzene rings is 3. The van der Waals surface area contributed by atoms with Crippen LogP contribution in [-0.2, 0) is 11.3 Å². The fourth-order valence-corrected chi connectivity index (χ4v) is 4.90. The molecule has 0 saturated heterocycles. The van der Waals surface area contributed by atoms with E-state index in [9.17, 15) is 36.4 Å². The molecule has 0 spiro atoms. The van der Waals surface area contributed by atoms with Gasteiger partial charge in [-0.15, -0.1) is 0 Å². The van der Waals surface area contributed by atoms with Gasteiger partial charge in [0.25, 0.3) is 0 Å². The third-order valence-electron chi connectivity index (χ3n) is 6.72. The van der Waals surface area contributed by atoms with Crippen molar-refractivity contribution in [1.29, 1.82) is 0 Å². The predicted octanol–water partition coefficient (Wildman–Crippen LogP) is 7.95. The normalized spacial score (nSPS) is 16.3. The first kappa shape index (κ1) is 32.9. The van der Waals surface area contributed by atoms with Gasteiger partial charge in [-0.2, -0.15) is 22.0 Å². The maximum Gasteiger partial charge on any atom is 0.453 e. The molecule has 2 atom stereocenters. The van der Waals surface area contributed by atoms with Crippen molar-refractivity contribution in [3.8, 4) is 23.0 Å². The average Bonchev–Trinajstić information content (AvgIpc) is 2.94. The molecule has 0 aliphatic carbocycles. The van der Waals surface area contributed by atoms with Crippen LogP contribution in [0.4, 0.5) is 22.0 Å². The SMILES string of the molecule is CCCC(F)(F)C(F)(F)F.O=S=CCCCCOc1cccc(C2c3ccc(O)cc3OCC2c2ccc(O)cc2)c1. The van der Waals surface area contributed by atoms with E-state index in [2.05, 4.69) is 12.1 Å². The molecule has 0 aromatic heterocycles. The van der Waals surface area contributed by atoms with Gasteiger partial charge >= 0.3 is 12.1 Å². The van der Waals surface area contributed by atoms with Crippen LogP contribution >= 0.6 is 0 Å². The van der Waals surface area contributed by atoms with Crippen LogP contribution in [0.3, 0.4) is 0 Å². The molecule has 42 heavy (non-hydrogen) atoms. The number of phenolic OH excluding ortho intramolecular Hbond substituents is 2. The molecule has 0 bridgehead atoms. The van der Waals surface area contributed by atoms with Gasteiger partial charge in [0.1, 0.15) is 23.0 Å². The van der Waals surface area contributed by atoms with E-state index < -0.39 is 18.5 Å². The summed E-state index contributed by atoms with van der Waals surface area (Å²) < 4.78 is 79.8. The number of hydrogen-bond donors (Lipinski definition) is 2. The molecule has 2 unspecified atom stereocenters. The summed E-state index contributed by atoms with van der Waals surface area (Å²) in [6.45, 7) is 2.34. The molecule has 0 fully saturated rings. The topological polar surface area (TPSA) is 76.0 Å². The second kappa shape index (κ2) is 15.0. The first-order chi connectivity index (χ1) is 20.0. The Bertz CT molecular complexity index is 1340. The van der Waals surface area contributed by atoms with Crippen molar-refractivity contribution in [2.45, 2.75) is 63.0 Å². The van der Waals surface area contributed by atoms with Gasteiger partial charge in [-0.25, -0.2) is 4.21 Å². The zero-order chi connectivity index (χ0) is 30.8. The summed E-state index contributed by atoms with van der Waals surface area (Å²) in [4.78, 5) is 0. The van der Waals surface area contributed by atoms with Crippen molar-refractivity contribution in [3.05, 3.63) is 83.4 Å². The summed E-state index contributed by atoms with van der Waals surface area (Å²) in [5.41, 5.74) is 3.19. The quantitative estimate of drug-likeness (QED) is 0.138. The minimum absolute atomic E-state index is 0.0103. The number of alkyl halides is 5. The molecule has 3 aromatic rings. The summed E-state index contributed by atoms with van der Waals surface area (Å²) in [5, 5.41) is 21.3. The van der Waals surface area contributed by atoms with Crippen LogP contribution < -0.4 is 9.47 Å². The lowest BCUT2D eigenvalue weighted by Crippen LogP contribution is -2.35. The minimum Gasteiger partial charge on any atom is -0.508 e. The summed E-state index contributed by atoms with van der Waals surface area (Å²) in [7, 11) is 0. The highest BCUT2D eigenvalue weighted by Gasteiger charge is 2.56. The van der Waals surface area contributed by atoms with E-state index >= 15 is 0 Å². The van der Waals surface area contributed by atoms with E-state index in [0.29, 0.717) is 30.2 Å². The first-order valence-corrected chi connectivity index (χ1v) is 14.3. The van der Waals surface area contributed by atoms with Crippen LogP contribution in [0.1, 0.15) is 67.6 Å². The lowest BCUT2D eigenvalue weighted by Gasteiger charge is -2.34. The number of fused-ring (bicyclic) bond motifs is 1. The summed E-state index contributed by atoms with van der Waals surface area (Å²) >= 11 is 0.513. The van der Waals surface area contributed by atoms with Crippen LogP contribution in [0.5, 0.6) is 23.0 Å². The van der Waals surface area contributed by atoms with Gasteiger partial charge in [0.2, 0.25) is 0 Å². The van der Waals surface area contributed by atoms with Gasteiger partial charge in [-0.05, 0) is 60.7 Å². The van der Waals surface area contributed by atoms with Crippen LogP contribution in [0.25, 0.3) is 0 Å². The predicted molar refractivity (Wildman–Crippen MR) is 152 cm³/mol. The number of phenols is 2. The third-order valence-corrected chi connectivity index (χ3v) is 7.10. The molecule has 228 valence electrons. The third kappa shape index (κ3) is 8.95. The van der Waals surface area contributed by atoms with Crippen molar-refractivity contribution >= 4 is 16.6 Å². The fraction of sp³-hybridized carbons (Fsp3) is 0.387. The van der Waals surface area contributed by atoms with Gasteiger partial charge in [0.05, 0.1) is 24.5 Å². The fourth-order valence-electron chi connectivity index (χ4n) is 4.64. The molecule has 0 radical (unpaired) electrons. The van der Waals surface area contributed by atoms with Crippen LogP contribution in [0.2, 0.25) is 0 Å². The van der Waals surface area contributed by atoms with E-state index in [1.807, 2.05) is 30.3 Å². The van der Waals surface area contributed by atoms with Crippen LogP contribution in [0, 0.1) is 0 Å². The highest BCUT2D eigenvalue weighted by atomic mass is 32.1. The van der Waals surface area contributed by atoms with Crippen LogP contribution in [-0.4, -0.2) is 45.1 Å². The Morgan fingerprint density at radius 2 is 1.67 bits per heavy atom. The van der Waals surface area contributed by atoms with E-state index in [-0.39, 0.29) is 29.8 Å². The van der Waals surface area contributed by atoms with E-state index in [1.54, 1.807) is 29.6 Å². The molecule has 11 heteroatoms. The van der Waals surface area contributed by atoms with E-state index in [4.69, 9.17) is 9.47 Å². The zero-order valence-corrected chi connectivity index (χ0v) is 23.8. The number of hydrogen-bond acceptors (Lipinski definition) is 5. The van der Waals surface area contributed by atoms with Crippen LogP contribution in [0.15, 0.2) is 66.7 Å². The number of rotatable bonds is 10. The summed E-state index contributed by atoms with van der Waals surface area (Å²) in [6.07, 6.45) is -4.09. The molecular formula is C31H33F5O5S. The van der Waals surface area contributed by atoms with Crippen molar-refractivity contribution in [2.75, 3.05) is 13.2 Å². The lowest BCUT2D eigenvalue weighted by molar-refractivity contribution is -0.284. The lowest BCUT2D eigenvalue weighted by atomic mass is 9.76. The molecule has 3 aromatic carbocycles. The van der Waals surface area contributed by atoms with Crippen molar-refractivity contribution in [2.24, 2.45) is 0 Å². The molecule has 1 heterocycles. The van der Waals surface area contributed by atoms with Crippen molar-refractivity contribution < 1.29 is 45.8 Å². The Balaban J connectivity index is 0.000000416. The maximum absolute atomic E-state index is 11.8. The van der Waals surface area contributed by atoms with E-state index in [1.165, 1.54) is 6.92 Å². The summed E-state index contributed by atoms with van der Waals surface area (Å²) in [6, 6.07) is 20.6. The molecule has 1 aliphatic heterocycles. The Morgan fingerprint density at radius 1 is 0.952 bits per heavy atom. The number of ether oxygens (including phenoxy) is 2. The van der Waals surface area contributed by atoms with E-state index in [0.717, 1.165) is 41.7 Å². The van der Waals surface area contributed by atoms with Gasteiger partial charge in [0.15, 0.2) is 0 Å². The second-order valence-corrected chi connectivity index (χ2v) is 10.4. The van der Waals surface area contributed by atoms with Gasteiger partial charge in [-0.3, -0.25) is 0 Å². The molecule has 2 N–H and O–H groups in total. The number of unbranched alkanes of at least 4 members (excludes halogenated alkanes) is 2. The van der Waals surface area contributed by atoms with Crippen molar-refractivity contribution in [1.82, 2.24) is 0 Å². The molecule has 0 saturated carbocycles. The van der Waals surface area contributed by atoms with Gasteiger partial charge in [0, 0.05) is 35.3 Å². The Kier molecular flexibility index (Phi) is 11.8. The van der Waals surface area contributed by atoms with Crippen molar-refractivity contribution in [3.63, 3.8) is 0 Å². The number of halogens is 5. The molecular weight excluding hydrogens is 579 g/mol. The van der Waals surface area contributed by atoms with Gasteiger partial charge < -0.3 is 19.7 Å². The monoisotopic (exact) mass is 612 g/mol. The molecule has 5 nitrogen and oxygen atoms in total. The Hall–Kier alpha value is -3.60. The standard InChI is InChI=1S/C26H26O5S.C5H7F5/c27-20-9-7-18(8-10-20)24-17-31-25-16-21(28)11-12-23(25)26(24)19-5-4-6-22(15-19)30-13-2-1-3-14-32-29;1-2-3-4(6,7)5(8,9)10/h4-12,14-16,24,26-28H,1-3,13,17H2;2-3H2,1H3. The maximum atomic E-state index is 11.8. The molecule has 4 rings (SSSR count). The number of aromatic hydroxyl groups is 2. The summed E-state index contributed by atoms with van der Waals surface area (Å²) in [5.74, 6) is -2.56. The first-order valence-electron chi connectivity index (χ1n) is 13.5. The Labute approximate surface area is 245 Å². The molecule has 1 aliphatic rings. The molecule has 0 amide bonds. The minimum atomic E-state index is -5.39. The largest absolute Gasteiger partial charge is 0.508 e. The highest BCUT2D eigenvalue weighted by molar-refractivity contribution is 7.64. The van der Waals surface area contributed by atoms with Gasteiger partial charge in [-0.1, -0.05) is 43.7 Å². The Morgan fingerprint density at radius 3 is 2.31 bits per heavy atom. The highest BCUT2D eigenvalue weighted by Crippen LogP contribution is 2.47. The average molecular weight is 613 g/mol. The second-order valence-electron chi connectivity index (χ2n) is 9.84. The zero-order valence-electron chi connectivity index (χ0n) is 22.9.